The van der Waals surface area contributed by atoms with E-state index in [0.717, 1.165) is 6.92 Å². The number of hydrogen-bond donors (Lipinski definition) is 18. The summed E-state index contributed by atoms with van der Waals surface area (Å²) in [4.78, 5) is 154. The lowest BCUT2D eigenvalue weighted by Gasteiger charge is -2.30. The molecule has 0 aliphatic carbocycles. The van der Waals surface area contributed by atoms with Gasteiger partial charge < -0.3 is 96.9 Å². The predicted octanol–water partition coefficient (Wildman–Crippen LogP) is -2.72. The highest BCUT2D eigenvalue weighted by Crippen LogP contribution is 2.16. The third-order valence-corrected chi connectivity index (χ3v) is 13.8. The van der Waals surface area contributed by atoms with Crippen LogP contribution in [-0.4, -0.2) is 178 Å². The molecule has 0 saturated carbocycles. The number of nitrogens with one attached hydrogen (secondary N) is 9. The summed E-state index contributed by atoms with van der Waals surface area (Å²) < 4.78 is 0. The van der Waals surface area contributed by atoms with Gasteiger partial charge in [-0.05, 0) is 126 Å². The number of aliphatic hydroxyl groups is 1. The standard InChI is InChI=1S/C57H99N15O15/c1-29(2)25-39(70-54(84)45(32(7)8)71-51(81)40(26-30(3)4)69-53(83)44(60)31(5)6)49(79)68-42(28-43(75)76)52(82)72-46(33(9)73)55(85)65-37(17-14-24-63-57(61)62)48(78)67-41(27-34-18-20-35(74)21-19-34)50(80)64-36(15-10-12-22-58)47(77)66-38(56(86)87)16-11-13-23-59/h18-21,29-33,36-42,44-46,73-74H,10-17,22-28,58-60H2,1-9H3,(H,64,80)(H,65,85)(H,66,77)(H,67,78)(H,68,79)(H,69,83)(H,70,84)(H,71,81)(H,72,82)(H,75,76)(H,86,87)(H4,61,62,63)/t33-,36+,37+,38+,39+,40+,41+,42+,44+,45+,46+/m1/s1. The molecule has 9 amide bonds. The zero-order chi connectivity index (χ0) is 66.2. The van der Waals surface area contributed by atoms with Crippen molar-refractivity contribution in [3.8, 4) is 5.75 Å². The summed E-state index contributed by atoms with van der Waals surface area (Å²) in [5.74, 6) is -12.9. The number of phenols is 1. The Bertz CT molecular complexity index is 2440. The fourth-order valence-electron chi connectivity index (χ4n) is 8.78. The monoisotopic (exact) mass is 1230 g/mol. The molecule has 1 aromatic rings. The van der Waals surface area contributed by atoms with E-state index in [4.69, 9.17) is 28.7 Å². The molecule has 492 valence electrons. The number of rotatable bonds is 42. The minimum atomic E-state index is -1.96. The maximum Gasteiger partial charge on any atom is 0.326 e. The predicted molar refractivity (Wildman–Crippen MR) is 323 cm³/mol. The van der Waals surface area contributed by atoms with Gasteiger partial charge in [-0.25, -0.2) is 4.79 Å². The molecule has 0 aromatic heterocycles. The first-order valence-electron chi connectivity index (χ1n) is 29.6. The van der Waals surface area contributed by atoms with Gasteiger partial charge in [-0.2, -0.15) is 0 Å². The summed E-state index contributed by atoms with van der Waals surface area (Å²) >= 11 is 0. The molecule has 30 heteroatoms. The molecule has 0 bridgehead atoms. The molecule has 23 N–H and O–H groups in total. The van der Waals surface area contributed by atoms with Gasteiger partial charge in [0.1, 0.15) is 60.1 Å². The maximum absolute atomic E-state index is 14.5. The van der Waals surface area contributed by atoms with Crippen LogP contribution in [0.5, 0.6) is 5.75 Å². The molecule has 0 heterocycles. The number of aliphatic imine (C=N–C) groups is 1. The second-order valence-electron chi connectivity index (χ2n) is 23.2. The van der Waals surface area contributed by atoms with Crippen LogP contribution in [0.25, 0.3) is 0 Å². The largest absolute Gasteiger partial charge is 0.508 e. The number of aliphatic hydroxyl groups excluding tert-OH is 1. The Kier molecular flexibility index (Phi) is 35.4. The number of hydrogen-bond acceptors (Lipinski definition) is 17. The van der Waals surface area contributed by atoms with Crippen LogP contribution in [0, 0.1) is 23.7 Å². The van der Waals surface area contributed by atoms with Crippen molar-refractivity contribution in [3.05, 3.63) is 29.8 Å². The highest BCUT2D eigenvalue weighted by atomic mass is 16.4. The zero-order valence-corrected chi connectivity index (χ0v) is 51.7. The van der Waals surface area contributed by atoms with Crippen molar-refractivity contribution in [3.63, 3.8) is 0 Å². The molecule has 0 aliphatic rings. The molecule has 0 fully saturated rings. The summed E-state index contributed by atoms with van der Waals surface area (Å²) in [6, 6.07) is -8.87. The number of nitrogens with two attached hydrogens (primary N) is 5. The number of carbonyl (C=O) groups is 11. The molecular formula is C57H99N15O15. The molecule has 1 rings (SSSR count). The molecular weight excluding hydrogens is 1130 g/mol. The van der Waals surface area contributed by atoms with E-state index in [0.29, 0.717) is 31.2 Å². The van der Waals surface area contributed by atoms with Gasteiger partial charge in [0.05, 0.1) is 18.6 Å². The molecule has 11 atom stereocenters. The quantitative estimate of drug-likeness (QED) is 0.0180. The summed E-state index contributed by atoms with van der Waals surface area (Å²) in [6.07, 6.45) is -1.57. The first-order valence-corrected chi connectivity index (χ1v) is 29.6. The number of aliphatic carboxylic acids is 2. The normalized spacial score (nSPS) is 15.1. The molecule has 1 aromatic carbocycles. The number of benzene rings is 1. The summed E-state index contributed by atoms with van der Waals surface area (Å²) in [5, 5.41) is 63.5. The van der Waals surface area contributed by atoms with Crippen LogP contribution in [0.3, 0.4) is 0 Å². The van der Waals surface area contributed by atoms with E-state index in [1.807, 2.05) is 13.8 Å². The second kappa shape index (κ2) is 39.9. The lowest BCUT2D eigenvalue weighted by atomic mass is 9.97. The van der Waals surface area contributed by atoms with E-state index < -0.39 is 144 Å². The van der Waals surface area contributed by atoms with Crippen LogP contribution in [0.4, 0.5) is 0 Å². The van der Waals surface area contributed by atoms with Gasteiger partial charge >= 0.3 is 11.9 Å². The van der Waals surface area contributed by atoms with Crippen LogP contribution in [0.1, 0.15) is 139 Å². The number of carboxylic acids is 2. The Morgan fingerprint density at radius 2 is 0.862 bits per heavy atom. The molecule has 0 saturated heterocycles. The third-order valence-electron chi connectivity index (χ3n) is 13.8. The van der Waals surface area contributed by atoms with Crippen molar-refractivity contribution in [1.29, 1.82) is 0 Å². The SMILES string of the molecule is CC(C)C[C@H](NC(=O)[C@@H](N)C(C)C)C(=O)N[C@H](C(=O)N[C@@H](CC(C)C)C(=O)N[C@@H](CC(=O)O)C(=O)N[C@H](C(=O)N[C@@H](CCCN=C(N)N)C(=O)N[C@@H](Cc1ccc(O)cc1)C(=O)N[C@@H](CCCCN)C(=O)N[C@@H](CCCCN)C(=O)O)[C@@H](C)O)C(C)C. The number of phenolic OH excluding ortho intramolecular Hbond substituents is 1. The Hall–Kier alpha value is -7.70. The minimum Gasteiger partial charge on any atom is -0.508 e. The van der Waals surface area contributed by atoms with Crippen molar-refractivity contribution in [2.75, 3.05) is 19.6 Å². The topological polar surface area (TPSA) is 519 Å². The van der Waals surface area contributed by atoms with Crippen LogP contribution >= 0.6 is 0 Å². The Morgan fingerprint density at radius 1 is 0.471 bits per heavy atom. The average Bonchev–Trinajstić information content (AvgIpc) is 2.70. The number of aromatic hydroxyl groups is 1. The smallest absolute Gasteiger partial charge is 0.326 e. The Morgan fingerprint density at radius 3 is 1.32 bits per heavy atom. The molecule has 0 radical (unpaired) electrons. The summed E-state index contributed by atoms with van der Waals surface area (Å²) in [5.41, 5.74) is 28.8. The van der Waals surface area contributed by atoms with Gasteiger partial charge in [0.25, 0.3) is 0 Å². The van der Waals surface area contributed by atoms with Gasteiger partial charge in [-0.3, -0.25) is 52.9 Å². The van der Waals surface area contributed by atoms with Gasteiger partial charge in [-0.1, -0.05) is 67.5 Å². The lowest BCUT2D eigenvalue weighted by molar-refractivity contribution is -0.142. The van der Waals surface area contributed by atoms with Gasteiger partial charge in [0, 0.05) is 13.0 Å². The van der Waals surface area contributed by atoms with Gasteiger partial charge in [0.15, 0.2) is 5.96 Å². The van der Waals surface area contributed by atoms with E-state index in [9.17, 15) is 73.2 Å². The minimum absolute atomic E-state index is 0.00399. The first kappa shape index (κ1) is 77.3. The van der Waals surface area contributed by atoms with E-state index in [1.54, 1.807) is 41.5 Å². The van der Waals surface area contributed by atoms with Crippen molar-refractivity contribution in [1.82, 2.24) is 47.9 Å². The molecule has 30 nitrogen and oxygen atoms in total. The molecule has 0 unspecified atom stereocenters. The van der Waals surface area contributed by atoms with Crippen LogP contribution in [0.2, 0.25) is 0 Å². The van der Waals surface area contributed by atoms with E-state index in [1.165, 1.54) is 24.3 Å². The Labute approximate surface area is 509 Å². The van der Waals surface area contributed by atoms with Crippen molar-refractivity contribution in [2.45, 2.75) is 206 Å². The van der Waals surface area contributed by atoms with E-state index >= 15 is 0 Å². The van der Waals surface area contributed by atoms with Crippen LogP contribution in [-0.2, 0) is 59.2 Å². The van der Waals surface area contributed by atoms with Crippen molar-refractivity contribution < 1.29 is 73.2 Å². The van der Waals surface area contributed by atoms with Gasteiger partial charge in [-0.15, -0.1) is 0 Å². The van der Waals surface area contributed by atoms with E-state index in [2.05, 4.69) is 52.8 Å². The number of guanidine groups is 1. The molecule has 0 spiro atoms. The number of carboxylic acid groups (broad SMARTS) is 2. The van der Waals surface area contributed by atoms with Crippen molar-refractivity contribution >= 4 is 71.1 Å². The number of unbranched alkanes of at least 4 members (excludes halogenated alkanes) is 2. The fraction of sp³-hybridized carbons (Fsp3) is 0.684. The summed E-state index contributed by atoms with van der Waals surface area (Å²) in [7, 11) is 0. The van der Waals surface area contributed by atoms with Crippen LogP contribution < -0.4 is 76.5 Å². The number of amides is 9. The highest BCUT2D eigenvalue weighted by Gasteiger charge is 2.38. The highest BCUT2D eigenvalue weighted by molar-refractivity contribution is 5.99. The lowest BCUT2D eigenvalue weighted by Crippen LogP contribution is -2.62. The molecule has 0 aliphatic heterocycles. The van der Waals surface area contributed by atoms with Crippen molar-refractivity contribution in [2.24, 2.45) is 57.3 Å². The number of nitrogens with zero attached hydrogens (tertiary/aromatic N) is 1. The maximum atomic E-state index is 14.5. The Balaban J connectivity index is 3.67. The zero-order valence-electron chi connectivity index (χ0n) is 51.7. The van der Waals surface area contributed by atoms with Gasteiger partial charge in [0.2, 0.25) is 53.2 Å². The fourth-order valence-corrected chi connectivity index (χ4v) is 8.78. The van der Waals surface area contributed by atoms with Crippen LogP contribution in [0.15, 0.2) is 29.3 Å². The first-order chi connectivity index (χ1) is 40.7. The van der Waals surface area contributed by atoms with E-state index in [-0.39, 0.29) is 94.0 Å². The number of carbonyl (C=O) groups excluding carboxylic acids is 9. The average molecular weight is 1230 g/mol. The summed E-state index contributed by atoms with van der Waals surface area (Å²) in [6.45, 7) is 15.4. The molecule has 87 heavy (non-hydrogen) atoms. The second-order valence-corrected chi connectivity index (χ2v) is 23.2. The third kappa shape index (κ3) is 30.0.